The molecule has 0 saturated carbocycles. The van der Waals surface area contributed by atoms with Gasteiger partial charge in [-0.15, -0.1) is 11.3 Å². The van der Waals surface area contributed by atoms with Crippen LogP contribution in [0.3, 0.4) is 0 Å². The van der Waals surface area contributed by atoms with Gasteiger partial charge in [-0.05, 0) is 51.5 Å². The number of carbonyl (C=O) groups excluding carboxylic acids is 1. The van der Waals surface area contributed by atoms with Crippen molar-refractivity contribution in [3.05, 3.63) is 35.2 Å². The van der Waals surface area contributed by atoms with Crippen LogP contribution in [0.4, 0.5) is 11.4 Å². The number of hydrogen-bond donors (Lipinski definition) is 1. The van der Waals surface area contributed by atoms with E-state index in [1.807, 2.05) is 27.7 Å². The van der Waals surface area contributed by atoms with Crippen molar-refractivity contribution in [2.45, 2.75) is 38.3 Å². The summed E-state index contributed by atoms with van der Waals surface area (Å²) in [4.78, 5) is 15.5. The van der Waals surface area contributed by atoms with Gasteiger partial charge in [-0.2, -0.15) is 0 Å². The Morgan fingerprint density at radius 3 is 2.63 bits per heavy atom. The molecule has 0 atom stereocenters. The van der Waals surface area contributed by atoms with E-state index in [-0.39, 0.29) is 16.7 Å². The Kier molecular flexibility index (Phi) is 5.22. The summed E-state index contributed by atoms with van der Waals surface area (Å²) < 4.78 is 33.9. The third-order valence-electron chi connectivity index (χ3n) is 4.34. The summed E-state index contributed by atoms with van der Waals surface area (Å²) in [6.07, 6.45) is 0.813. The second-order valence-corrected chi connectivity index (χ2v) is 10.5. The van der Waals surface area contributed by atoms with Crippen molar-refractivity contribution < 1.29 is 17.9 Å². The molecule has 0 spiro atoms. The SMILES string of the molecule is CCCN1C(=O)C(C)(C)COc2cc(NS(=O)(=O)c3ccc(C)s3)ccc21. The summed E-state index contributed by atoms with van der Waals surface area (Å²) in [5.41, 5.74) is 0.424. The zero-order valence-corrected chi connectivity index (χ0v) is 17.5. The summed E-state index contributed by atoms with van der Waals surface area (Å²) in [6.45, 7) is 8.40. The van der Waals surface area contributed by atoms with Crippen molar-refractivity contribution in [3.8, 4) is 5.75 Å². The van der Waals surface area contributed by atoms with E-state index in [1.54, 1.807) is 35.2 Å². The fourth-order valence-corrected chi connectivity index (χ4v) is 5.25. The first kappa shape index (κ1) is 19.7. The second kappa shape index (κ2) is 7.16. The van der Waals surface area contributed by atoms with Crippen LogP contribution < -0.4 is 14.4 Å². The lowest BCUT2D eigenvalue weighted by Crippen LogP contribution is -2.42. The number of rotatable bonds is 5. The van der Waals surface area contributed by atoms with Gasteiger partial charge in [0.05, 0.1) is 16.8 Å². The molecule has 2 heterocycles. The van der Waals surface area contributed by atoms with Crippen LogP contribution in [0, 0.1) is 12.3 Å². The molecule has 0 bridgehead atoms. The van der Waals surface area contributed by atoms with Crippen LogP contribution in [0.15, 0.2) is 34.5 Å². The number of nitrogens with one attached hydrogen (secondary N) is 1. The molecule has 0 aliphatic carbocycles. The molecule has 3 rings (SSSR count). The number of hydrogen-bond acceptors (Lipinski definition) is 5. The Morgan fingerprint density at radius 2 is 2.00 bits per heavy atom. The third-order valence-corrected chi connectivity index (χ3v) is 7.22. The van der Waals surface area contributed by atoms with Crippen LogP contribution in [-0.2, 0) is 14.8 Å². The van der Waals surface area contributed by atoms with Gasteiger partial charge in [-0.1, -0.05) is 6.92 Å². The zero-order valence-electron chi connectivity index (χ0n) is 15.9. The summed E-state index contributed by atoms with van der Waals surface area (Å²) in [6, 6.07) is 8.41. The quantitative estimate of drug-likeness (QED) is 0.811. The smallest absolute Gasteiger partial charge is 0.271 e. The summed E-state index contributed by atoms with van der Waals surface area (Å²) >= 11 is 1.22. The molecular formula is C19H24N2O4S2. The first-order chi connectivity index (χ1) is 12.6. The number of benzene rings is 1. The first-order valence-electron chi connectivity index (χ1n) is 8.82. The molecule has 0 unspecified atom stereocenters. The highest BCUT2D eigenvalue weighted by Gasteiger charge is 2.37. The van der Waals surface area contributed by atoms with Crippen molar-refractivity contribution >= 4 is 38.6 Å². The monoisotopic (exact) mass is 408 g/mol. The van der Waals surface area contributed by atoms with Crippen LogP contribution >= 0.6 is 11.3 Å². The lowest BCUT2D eigenvalue weighted by molar-refractivity contribution is -0.127. The Bertz CT molecular complexity index is 964. The van der Waals surface area contributed by atoms with Crippen molar-refractivity contribution in [1.29, 1.82) is 0 Å². The molecule has 1 aliphatic rings. The summed E-state index contributed by atoms with van der Waals surface area (Å²) in [5.74, 6) is 0.510. The molecule has 1 N–H and O–H groups in total. The number of thiophene rings is 1. The Morgan fingerprint density at radius 1 is 1.26 bits per heavy atom. The topological polar surface area (TPSA) is 75.7 Å². The molecule has 6 nitrogen and oxygen atoms in total. The number of aryl methyl sites for hydroxylation is 1. The second-order valence-electron chi connectivity index (χ2n) is 7.28. The summed E-state index contributed by atoms with van der Waals surface area (Å²) in [5, 5.41) is 0. The van der Waals surface area contributed by atoms with E-state index < -0.39 is 15.4 Å². The number of sulfonamides is 1. The van der Waals surface area contributed by atoms with Gasteiger partial charge in [-0.3, -0.25) is 9.52 Å². The van der Waals surface area contributed by atoms with Crippen LogP contribution in [0.25, 0.3) is 0 Å². The highest BCUT2D eigenvalue weighted by atomic mass is 32.2. The van der Waals surface area contributed by atoms with Gasteiger partial charge >= 0.3 is 0 Å². The fourth-order valence-electron chi connectivity index (χ4n) is 2.92. The van der Waals surface area contributed by atoms with Crippen molar-refractivity contribution in [2.75, 3.05) is 22.8 Å². The number of nitrogens with zero attached hydrogens (tertiary/aromatic N) is 1. The average molecular weight is 409 g/mol. The van der Waals surface area contributed by atoms with Crippen molar-refractivity contribution in [3.63, 3.8) is 0 Å². The van der Waals surface area contributed by atoms with E-state index in [0.717, 1.165) is 11.3 Å². The van der Waals surface area contributed by atoms with Gasteiger partial charge in [0, 0.05) is 17.5 Å². The van der Waals surface area contributed by atoms with E-state index in [4.69, 9.17) is 4.74 Å². The number of fused-ring (bicyclic) bond motifs is 1. The van der Waals surface area contributed by atoms with Crippen LogP contribution in [0.1, 0.15) is 32.1 Å². The van der Waals surface area contributed by atoms with Gasteiger partial charge in [0.15, 0.2) is 0 Å². The van der Waals surface area contributed by atoms with E-state index in [9.17, 15) is 13.2 Å². The maximum atomic E-state index is 12.9. The molecule has 0 saturated heterocycles. The molecule has 27 heavy (non-hydrogen) atoms. The minimum Gasteiger partial charge on any atom is -0.490 e. The maximum Gasteiger partial charge on any atom is 0.271 e. The standard InChI is InChI=1S/C19H24N2O4S2/c1-5-10-21-15-8-7-14(11-16(15)25-12-19(3,4)18(21)22)20-27(23,24)17-9-6-13(2)26-17/h6-9,11,20H,5,10,12H2,1-4H3. The number of carbonyl (C=O) groups is 1. The minimum absolute atomic E-state index is 0.00508. The summed E-state index contributed by atoms with van der Waals surface area (Å²) in [7, 11) is -3.65. The molecule has 146 valence electrons. The Labute approximate surface area is 164 Å². The molecular weight excluding hydrogens is 384 g/mol. The highest BCUT2D eigenvalue weighted by Crippen LogP contribution is 2.38. The minimum atomic E-state index is -3.65. The van der Waals surface area contributed by atoms with Crippen LogP contribution in [-0.4, -0.2) is 27.5 Å². The predicted molar refractivity (Wildman–Crippen MR) is 108 cm³/mol. The molecule has 1 amide bonds. The molecule has 0 fully saturated rings. The normalized spacial score (nSPS) is 16.4. The molecule has 8 heteroatoms. The maximum absolute atomic E-state index is 12.9. The van der Waals surface area contributed by atoms with E-state index in [0.29, 0.717) is 23.7 Å². The van der Waals surface area contributed by atoms with Gasteiger partial charge in [0.1, 0.15) is 16.6 Å². The lowest BCUT2D eigenvalue weighted by atomic mass is 9.93. The van der Waals surface area contributed by atoms with E-state index in [1.165, 1.54) is 11.3 Å². The number of amides is 1. The molecule has 0 radical (unpaired) electrons. The van der Waals surface area contributed by atoms with Crippen LogP contribution in [0.5, 0.6) is 5.75 Å². The van der Waals surface area contributed by atoms with Crippen molar-refractivity contribution in [2.24, 2.45) is 5.41 Å². The largest absolute Gasteiger partial charge is 0.490 e. The van der Waals surface area contributed by atoms with Gasteiger partial charge in [0.25, 0.3) is 10.0 Å². The van der Waals surface area contributed by atoms with Gasteiger partial charge in [-0.25, -0.2) is 8.42 Å². The predicted octanol–water partition coefficient (Wildman–Crippen LogP) is 4.02. The lowest BCUT2D eigenvalue weighted by Gasteiger charge is -2.27. The van der Waals surface area contributed by atoms with E-state index in [2.05, 4.69) is 4.72 Å². The van der Waals surface area contributed by atoms with Crippen LogP contribution in [0.2, 0.25) is 0 Å². The molecule has 1 aromatic heterocycles. The first-order valence-corrected chi connectivity index (χ1v) is 11.1. The van der Waals surface area contributed by atoms with Gasteiger partial charge < -0.3 is 9.64 Å². The van der Waals surface area contributed by atoms with Crippen molar-refractivity contribution in [1.82, 2.24) is 0 Å². The zero-order chi connectivity index (χ0) is 19.8. The number of anilines is 2. The highest BCUT2D eigenvalue weighted by molar-refractivity contribution is 7.94. The van der Waals surface area contributed by atoms with Gasteiger partial charge in [0.2, 0.25) is 5.91 Å². The Hall–Kier alpha value is -2.06. The average Bonchev–Trinajstić information content (AvgIpc) is 3.02. The molecule has 1 aromatic carbocycles. The molecule has 2 aromatic rings. The Balaban J connectivity index is 1.95. The third kappa shape index (κ3) is 3.96. The van der Waals surface area contributed by atoms with E-state index >= 15 is 0 Å². The molecule has 1 aliphatic heterocycles. The fraction of sp³-hybridized carbons (Fsp3) is 0.421. The number of ether oxygens (including phenoxy) is 1.